The second-order valence-electron chi connectivity index (χ2n) is 5.21. The van der Waals surface area contributed by atoms with E-state index in [0.29, 0.717) is 11.5 Å². The normalized spacial score (nSPS) is 14.3. The highest BCUT2D eigenvalue weighted by Crippen LogP contribution is 2.26. The fourth-order valence-corrected chi connectivity index (χ4v) is 3.24. The Kier molecular flexibility index (Phi) is 3.86. The van der Waals surface area contributed by atoms with E-state index in [9.17, 15) is 8.42 Å². The number of sulfone groups is 1. The predicted molar refractivity (Wildman–Crippen MR) is 87.4 cm³/mol. The van der Waals surface area contributed by atoms with Crippen molar-refractivity contribution in [2.24, 2.45) is 0 Å². The van der Waals surface area contributed by atoms with Crippen molar-refractivity contribution in [1.82, 2.24) is 0 Å². The third kappa shape index (κ3) is 3.12. The lowest BCUT2D eigenvalue weighted by Gasteiger charge is -2.15. The van der Waals surface area contributed by atoms with Gasteiger partial charge in [-0.2, -0.15) is 0 Å². The molecule has 22 heavy (non-hydrogen) atoms. The molecule has 3 rings (SSSR count). The maximum absolute atomic E-state index is 12.3. The number of rotatable bonds is 3. The average Bonchev–Trinajstić information content (AvgIpc) is 2.53. The van der Waals surface area contributed by atoms with E-state index in [-0.39, 0.29) is 0 Å². The third-order valence-corrected chi connectivity index (χ3v) is 4.89. The van der Waals surface area contributed by atoms with Crippen molar-refractivity contribution < 1.29 is 13.2 Å². The predicted octanol–water partition coefficient (Wildman–Crippen LogP) is 3.76. The van der Waals surface area contributed by atoms with E-state index in [1.165, 1.54) is 5.41 Å². The minimum Gasteiger partial charge on any atom is -0.488 e. The maximum atomic E-state index is 12.3. The highest BCUT2D eigenvalue weighted by molar-refractivity contribution is 7.94. The van der Waals surface area contributed by atoms with Crippen LogP contribution in [0.5, 0.6) is 5.75 Å². The lowest BCUT2D eigenvalue weighted by atomic mass is 10.1. The first-order valence-corrected chi connectivity index (χ1v) is 8.51. The van der Waals surface area contributed by atoms with Crippen LogP contribution >= 0.6 is 0 Å². The number of hydrogen-bond donors (Lipinski definition) is 0. The van der Waals surface area contributed by atoms with E-state index < -0.39 is 9.84 Å². The Balaban J connectivity index is 1.85. The molecule has 4 heteroatoms. The van der Waals surface area contributed by atoms with Crippen LogP contribution in [-0.2, 0) is 9.84 Å². The molecule has 0 spiro atoms. The van der Waals surface area contributed by atoms with Crippen LogP contribution in [0.4, 0.5) is 0 Å². The molecule has 0 atom stereocenters. The molecule has 0 aliphatic carbocycles. The van der Waals surface area contributed by atoms with Gasteiger partial charge in [0.1, 0.15) is 12.4 Å². The summed E-state index contributed by atoms with van der Waals surface area (Å²) in [7, 11) is -3.43. The van der Waals surface area contributed by atoms with Gasteiger partial charge in [0.2, 0.25) is 0 Å². The molecule has 0 amide bonds. The molecule has 1 aliphatic heterocycles. The van der Waals surface area contributed by atoms with Gasteiger partial charge in [0.15, 0.2) is 9.84 Å². The van der Waals surface area contributed by atoms with Crippen molar-refractivity contribution in [1.29, 1.82) is 0 Å². The Morgan fingerprint density at radius 3 is 2.55 bits per heavy atom. The zero-order valence-corrected chi connectivity index (χ0v) is 13.0. The standard InChI is InChI=1S/C18H16O3S/c1-14-6-8-17(9-7-14)22(19,20)11-10-15-12-16-4-2-3-5-18(16)21-13-15/h2-12H,13H2,1H3. The van der Waals surface area contributed by atoms with Crippen molar-refractivity contribution in [2.75, 3.05) is 6.61 Å². The van der Waals surface area contributed by atoms with Crippen LogP contribution < -0.4 is 4.74 Å². The summed E-state index contributed by atoms with van der Waals surface area (Å²) in [5.41, 5.74) is 2.82. The first kappa shape index (κ1) is 14.6. The average molecular weight is 312 g/mol. The number of fused-ring (bicyclic) bond motifs is 1. The summed E-state index contributed by atoms with van der Waals surface area (Å²) in [5.74, 6) is 0.820. The number of ether oxygens (including phenoxy) is 1. The van der Waals surface area contributed by atoms with E-state index in [0.717, 1.165) is 22.4 Å². The quantitative estimate of drug-likeness (QED) is 0.866. The van der Waals surface area contributed by atoms with E-state index in [2.05, 4.69) is 0 Å². The van der Waals surface area contributed by atoms with Gasteiger partial charge >= 0.3 is 0 Å². The maximum Gasteiger partial charge on any atom is 0.199 e. The molecule has 0 aromatic heterocycles. The van der Waals surface area contributed by atoms with Gasteiger partial charge in [0.25, 0.3) is 0 Å². The minimum absolute atomic E-state index is 0.298. The lowest BCUT2D eigenvalue weighted by molar-refractivity contribution is 0.351. The van der Waals surface area contributed by atoms with Gasteiger partial charge in [-0.05, 0) is 42.8 Å². The van der Waals surface area contributed by atoms with Gasteiger partial charge < -0.3 is 4.74 Å². The van der Waals surface area contributed by atoms with Crippen LogP contribution in [0.1, 0.15) is 11.1 Å². The summed E-state index contributed by atoms with van der Waals surface area (Å²) < 4.78 is 30.2. The largest absolute Gasteiger partial charge is 0.488 e. The molecule has 0 fully saturated rings. The molecule has 0 saturated carbocycles. The molecular formula is C18H16O3S. The van der Waals surface area contributed by atoms with Crippen LogP contribution in [0.25, 0.3) is 6.08 Å². The SMILES string of the molecule is Cc1ccc(S(=O)(=O)C=CC2=Cc3ccccc3OC2)cc1. The summed E-state index contributed by atoms with van der Waals surface area (Å²) in [6.07, 6.45) is 3.55. The molecule has 2 aromatic rings. The van der Waals surface area contributed by atoms with Crippen LogP contribution in [0.15, 0.2) is 70.5 Å². The van der Waals surface area contributed by atoms with Crippen molar-refractivity contribution in [2.45, 2.75) is 11.8 Å². The Labute approximate surface area is 130 Å². The van der Waals surface area contributed by atoms with E-state index in [1.54, 1.807) is 30.3 Å². The Morgan fingerprint density at radius 2 is 1.77 bits per heavy atom. The number of aryl methyl sites for hydroxylation is 1. The van der Waals surface area contributed by atoms with Gasteiger partial charge in [-0.15, -0.1) is 0 Å². The number of benzene rings is 2. The summed E-state index contributed by atoms with van der Waals surface area (Å²) >= 11 is 0. The topological polar surface area (TPSA) is 43.4 Å². The van der Waals surface area contributed by atoms with Gasteiger partial charge in [0.05, 0.1) is 4.90 Å². The van der Waals surface area contributed by atoms with Gasteiger partial charge in [-0.3, -0.25) is 0 Å². The van der Waals surface area contributed by atoms with E-state index in [1.807, 2.05) is 37.3 Å². The van der Waals surface area contributed by atoms with Gasteiger partial charge in [0, 0.05) is 11.0 Å². The summed E-state index contributed by atoms with van der Waals surface area (Å²) in [5, 5.41) is 1.24. The Bertz CT molecular complexity index is 844. The molecule has 0 radical (unpaired) electrons. The molecule has 1 heterocycles. The lowest BCUT2D eigenvalue weighted by Crippen LogP contribution is -2.06. The number of para-hydroxylation sites is 1. The molecule has 112 valence electrons. The first-order chi connectivity index (χ1) is 10.5. The Morgan fingerprint density at radius 1 is 1.05 bits per heavy atom. The van der Waals surface area contributed by atoms with Crippen molar-refractivity contribution >= 4 is 15.9 Å². The van der Waals surface area contributed by atoms with Crippen LogP contribution in [-0.4, -0.2) is 15.0 Å². The van der Waals surface area contributed by atoms with Gasteiger partial charge in [-0.25, -0.2) is 8.42 Å². The van der Waals surface area contributed by atoms with Crippen LogP contribution in [0.3, 0.4) is 0 Å². The summed E-state index contributed by atoms with van der Waals surface area (Å²) in [6, 6.07) is 14.5. The third-order valence-electron chi connectivity index (χ3n) is 3.47. The van der Waals surface area contributed by atoms with Crippen molar-refractivity contribution in [3.63, 3.8) is 0 Å². The molecule has 0 N–H and O–H groups in total. The summed E-state index contributed by atoms with van der Waals surface area (Å²) in [4.78, 5) is 0.298. The Hall–Kier alpha value is -2.33. The fourth-order valence-electron chi connectivity index (χ4n) is 2.21. The molecule has 3 nitrogen and oxygen atoms in total. The first-order valence-electron chi connectivity index (χ1n) is 6.97. The second kappa shape index (κ2) is 5.81. The minimum atomic E-state index is -3.43. The molecule has 0 saturated heterocycles. The zero-order chi connectivity index (χ0) is 15.6. The van der Waals surface area contributed by atoms with Crippen molar-refractivity contribution in [3.05, 3.63) is 76.7 Å². The van der Waals surface area contributed by atoms with Crippen LogP contribution in [0.2, 0.25) is 0 Å². The molecule has 2 aromatic carbocycles. The highest BCUT2D eigenvalue weighted by Gasteiger charge is 2.12. The zero-order valence-electron chi connectivity index (χ0n) is 12.2. The van der Waals surface area contributed by atoms with Crippen LogP contribution in [0, 0.1) is 6.92 Å². The molecular weight excluding hydrogens is 296 g/mol. The van der Waals surface area contributed by atoms with E-state index in [4.69, 9.17) is 4.74 Å². The fraction of sp³-hybridized carbons (Fsp3) is 0.111. The second-order valence-corrected chi connectivity index (χ2v) is 7.04. The monoisotopic (exact) mass is 312 g/mol. The molecule has 1 aliphatic rings. The number of hydrogen-bond acceptors (Lipinski definition) is 3. The summed E-state index contributed by atoms with van der Waals surface area (Å²) in [6.45, 7) is 2.30. The smallest absolute Gasteiger partial charge is 0.199 e. The van der Waals surface area contributed by atoms with Gasteiger partial charge in [-0.1, -0.05) is 35.9 Å². The molecule has 0 unspecified atom stereocenters. The molecule has 0 bridgehead atoms. The van der Waals surface area contributed by atoms with Crippen molar-refractivity contribution in [3.8, 4) is 5.75 Å². The van der Waals surface area contributed by atoms with E-state index >= 15 is 0 Å². The highest BCUT2D eigenvalue weighted by atomic mass is 32.2.